The van der Waals surface area contributed by atoms with Gasteiger partial charge in [0.25, 0.3) is 0 Å². The molecule has 2 rings (SSSR count). The van der Waals surface area contributed by atoms with Crippen molar-refractivity contribution in [3.05, 3.63) is 17.5 Å². The van der Waals surface area contributed by atoms with Crippen molar-refractivity contribution < 1.29 is 19.2 Å². The molecule has 0 bridgehead atoms. The van der Waals surface area contributed by atoms with Crippen molar-refractivity contribution in [2.45, 2.75) is 26.3 Å². The minimum Gasteiger partial charge on any atom is -0.481 e. The second-order valence-corrected chi connectivity index (χ2v) is 4.75. The summed E-state index contributed by atoms with van der Waals surface area (Å²) in [5.41, 5.74) is 0.676. The number of hydrogen-bond acceptors (Lipinski definition) is 4. The van der Waals surface area contributed by atoms with Gasteiger partial charge in [0, 0.05) is 13.1 Å². The van der Waals surface area contributed by atoms with E-state index in [0.29, 0.717) is 30.8 Å². The molecule has 0 spiro atoms. The van der Waals surface area contributed by atoms with Gasteiger partial charge in [-0.1, -0.05) is 5.16 Å². The summed E-state index contributed by atoms with van der Waals surface area (Å²) in [6.45, 7) is 2.13. The Kier molecular flexibility index (Phi) is 3.36. The standard InChI is InChI=1S/C12H16N2O4/c1-7-5-8(13-18-7)6-14(2)11(15)9-3-4-10(9)12(16)17/h5,9-10H,3-4,6H2,1-2H3,(H,16,17). The van der Waals surface area contributed by atoms with Crippen molar-refractivity contribution >= 4 is 11.9 Å². The number of amides is 1. The third kappa shape index (κ3) is 2.37. The highest BCUT2D eigenvalue weighted by molar-refractivity contribution is 5.86. The molecule has 6 nitrogen and oxygen atoms in total. The molecule has 18 heavy (non-hydrogen) atoms. The maximum Gasteiger partial charge on any atom is 0.307 e. The summed E-state index contributed by atoms with van der Waals surface area (Å²) in [5, 5.41) is 12.7. The molecular weight excluding hydrogens is 236 g/mol. The second-order valence-electron chi connectivity index (χ2n) is 4.75. The van der Waals surface area contributed by atoms with Crippen LogP contribution in [0, 0.1) is 18.8 Å². The molecule has 1 aliphatic carbocycles. The molecule has 1 N–H and O–H groups in total. The van der Waals surface area contributed by atoms with Gasteiger partial charge < -0.3 is 14.5 Å². The summed E-state index contributed by atoms with van der Waals surface area (Å²) in [6, 6.07) is 1.76. The van der Waals surface area contributed by atoms with Crippen LogP contribution in [0.5, 0.6) is 0 Å². The number of rotatable bonds is 4. The molecule has 1 aromatic heterocycles. The predicted molar refractivity (Wildman–Crippen MR) is 61.6 cm³/mol. The highest BCUT2D eigenvalue weighted by Crippen LogP contribution is 2.35. The Bertz CT molecular complexity index is 468. The molecule has 1 fully saturated rings. The maximum atomic E-state index is 12.1. The maximum absolute atomic E-state index is 12.1. The molecule has 0 saturated heterocycles. The molecule has 0 radical (unpaired) electrons. The minimum absolute atomic E-state index is 0.130. The zero-order chi connectivity index (χ0) is 13.3. The van der Waals surface area contributed by atoms with Crippen LogP contribution in [0.15, 0.2) is 10.6 Å². The summed E-state index contributed by atoms with van der Waals surface area (Å²) in [4.78, 5) is 24.4. The first-order chi connectivity index (χ1) is 8.49. The van der Waals surface area contributed by atoms with Gasteiger partial charge in [0.05, 0.1) is 18.4 Å². The van der Waals surface area contributed by atoms with E-state index in [1.54, 1.807) is 20.0 Å². The van der Waals surface area contributed by atoms with Gasteiger partial charge in [0.2, 0.25) is 5.91 Å². The van der Waals surface area contributed by atoms with Crippen LogP contribution >= 0.6 is 0 Å². The van der Waals surface area contributed by atoms with Gasteiger partial charge in [0.1, 0.15) is 11.5 Å². The van der Waals surface area contributed by atoms with Gasteiger partial charge in [-0.05, 0) is 19.8 Å². The Morgan fingerprint density at radius 2 is 2.17 bits per heavy atom. The largest absolute Gasteiger partial charge is 0.481 e. The van der Waals surface area contributed by atoms with Crippen molar-refractivity contribution in [2.75, 3.05) is 7.05 Å². The predicted octanol–water partition coefficient (Wildman–Crippen LogP) is 1.05. The second kappa shape index (κ2) is 4.80. The first-order valence-corrected chi connectivity index (χ1v) is 5.89. The molecule has 1 aliphatic rings. The number of aromatic nitrogens is 1. The van der Waals surface area contributed by atoms with Crippen LogP contribution in [0.1, 0.15) is 24.3 Å². The zero-order valence-electron chi connectivity index (χ0n) is 10.4. The summed E-state index contributed by atoms with van der Waals surface area (Å²) in [6.07, 6.45) is 1.24. The van der Waals surface area contributed by atoms with E-state index in [0.717, 1.165) is 0 Å². The number of aliphatic carboxylic acids is 1. The summed E-state index contributed by atoms with van der Waals surface area (Å²) in [5.74, 6) is -1.24. The highest BCUT2D eigenvalue weighted by atomic mass is 16.5. The van der Waals surface area contributed by atoms with Gasteiger partial charge in [-0.2, -0.15) is 0 Å². The monoisotopic (exact) mass is 252 g/mol. The molecule has 0 aromatic carbocycles. The zero-order valence-corrected chi connectivity index (χ0v) is 10.4. The van der Waals surface area contributed by atoms with Crippen molar-refractivity contribution in [3.63, 3.8) is 0 Å². The number of carboxylic acid groups (broad SMARTS) is 1. The molecular formula is C12H16N2O4. The number of aryl methyl sites for hydroxylation is 1. The van der Waals surface area contributed by atoms with Gasteiger partial charge in [-0.15, -0.1) is 0 Å². The molecule has 2 atom stereocenters. The van der Waals surface area contributed by atoms with Crippen LogP contribution in [-0.4, -0.2) is 34.1 Å². The van der Waals surface area contributed by atoms with Gasteiger partial charge >= 0.3 is 5.97 Å². The summed E-state index contributed by atoms with van der Waals surface area (Å²) >= 11 is 0. The topological polar surface area (TPSA) is 83.6 Å². The van der Waals surface area contributed by atoms with E-state index < -0.39 is 11.9 Å². The molecule has 1 saturated carbocycles. The lowest BCUT2D eigenvalue weighted by atomic mass is 9.73. The molecule has 1 heterocycles. The average molecular weight is 252 g/mol. The normalized spacial score (nSPS) is 22.3. The molecule has 98 valence electrons. The molecule has 1 amide bonds. The summed E-state index contributed by atoms with van der Waals surface area (Å²) < 4.78 is 4.92. The molecule has 2 unspecified atom stereocenters. The fraction of sp³-hybridized carbons (Fsp3) is 0.583. The number of carboxylic acids is 1. The van der Waals surface area contributed by atoms with Crippen LogP contribution < -0.4 is 0 Å². The number of carbonyl (C=O) groups excluding carboxylic acids is 1. The smallest absolute Gasteiger partial charge is 0.307 e. The lowest BCUT2D eigenvalue weighted by Crippen LogP contribution is -2.44. The first-order valence-electron chi connectivity index (χ1n) is 5.89. The van der Waals surface area contributed by atoms with Crippen molar-refractivity contribution in [1.82, 2.24) is 10.1 Å². The fourth-order valence-electron chi connectivity index (χ4n) is 2.19. The van der Waals surface area contributed by atoms with E-state index in [-0.39, 0.29) is 11.8 Å². The molecule has 0 aliphatic heterocycles. The van der Waals surface area contributed by atoms with Crippen LogP contribution in [0.25, 0.3) is 0 Å². The van der Waals surface area contributed by atoms with Crippen LogP contribution in [0.4, 0.5) is 0 Å². The quantitative estimate of drug-likeness (QED) is 0.866. The number of hydrogen-bond donors (Lipinski definition) is 1. The van der Waals surface area contributed by atoms with E-state index in [2.05, 4.69) is 5.16 Å². The van der Waals surface area contributed by atoms with Crippen LogP contribution in [0.2, 0.25) is 0 Å². The Hall–Kier alpha value is -1.85. The van der Waals surface area contributed by atoms with E-state index in [1.807, 2.05) is 0 Å². The highest BCUT2D eigenvalue weighted by Gasteiger charge is 2.42. The van der Waals surface area contributed by atoms with Gasteiger partial charge in [-0.3, -0.25) is 9.59 Å². The number of nitrogens with zero attached hydrogens (tertiary/aromatic N) is 2. The minimum atomic E-state index is -0.884. The SMILES string of the molecule is Cc1cc(CN(C)C(=O)C2CCC2C(=O)O)no1. The van der Waals surface area contributed by atoms with E-state index in [9.17, 15) is 9.59 Å². The molecule has 6 heteroatoms. The van der Waals surface area contributed by atoms with Gasteiger partial charge in [0.15, 0.2) is 0 Å². The van der Waals surface area contributed by atoms with Crippen LogP contribution in [0.3, 0.4) is 0 Å². The lowest BCUT2D eigenvalue weighted by molar-refractivity contribution is -0.156. The first kappa shape index (κ1) is 12.6. The van der Waals surface area contributed by atoms with E-state index >= 15 is 0 Å². The average Bonchev–Trinajstić information content (AvgIpc) is 2.61. The van der Waals surface area contributed by atoms with Crippen molar-refractivity contribution in [1.29, 1.82) is 0 Å². The van der Waals surface area contributed by atoms with Crippen LogP contribution in [-0.2, 0) is 16.1 Å². The third-order valence-electron chi connectivity index (χ3n) is 3.36. The fourth-order valence-corrected chi connectivity index (χ4v) is 2.19. The lowest BCUT2D eigenvalue weighted by Gasteiger charge is -2.34. The van der Waals surface area contributed by atoms with Crippen molar-refractivity contribution in [3.8, 4) is 0 Å². The van der Waals surface area contributed by atoms with Gasteiger partial charge in [-0.25, -0.2) is 0 Å². The Morgan fingerprint density at radius 1 is 1.50 bits per heavy atom. The van der Waals surface area contributed by atoms with E-state index in [4.69, 9.17) is 9.63 Å². The Morgan fingerprint density at radius 3 is 2.61 bits per heavy atom. The Balaban J connectivity index is 1.95. The molecule has 1 aromatic rings. The summed E-state index contributed by atoms with van der Waals surface area (Å²) in [7, 11) is 1.66. The third-order valence-corrected chi connectivity index (χ3v) is 3.36. The van der Waals surface area contributed by atoms with Crippen molar-refractivity contribution in [2.24, 2.45) is 11.8 Å². The van der Waals surface area contributed by atoms with E-state index in [1.165, 1.54) is 4.90 Å². The Labute approximate surface area is 105 Å². The number of carbonyl (C=O) groups is 2.